The molecule has 0 fully saturated rings. The van der Waals surface area contributed by atoms with E-state index in [0.717, 1.165) is 12.0 Å². The molecular weight excluding hydrogens is 368 g/mol. The largest absolute Gasteiger partial charge is 0.462 e. The number of nitrogens with one attached hydrogen (secondary N) is 1. The zero-order chi connectivity index (χ0) is 21.0. The van der Waals surface area contributed by atoms with E-state index in [1.54, 1.807) is 49.9 Å². The molecule has 0 saturated carbocycles. The fraction of sp³-hybridized carbons (Fsp3) is 0.348. The van der Waals surface area contributed by atoms with Crippen molar-refractivity contribution < 1.29 is 19.1 Å². The van der Waals surface area contributed by atoms with Gasteiger partial charge >= 0.3 is 5.97 Å². The fourth-order valence-electron chi connectivity index (χ4n) is 3.35. The van der Waals surface area contributed by atoms with Crippen LogP contribution in [0.15, 0.2) is 48.5 Å². The molecule has 29 heavy (non-hydrogen) atoms. The number of hydrogen-bond donors (Lipinski definition) is 1. The number of hydrogen-bond acceptors (Lipinski definition) is 4. The van der Waals surface area contributed by atoms with Gasteiger partial charge in [-0.1, -0.05) is 24.3 Å². The van der Waals surface area contributed by atoms with Crippen molar-refractivity contribution in [2.75, 3.05) is 18.5 Å². The molecule has 1 N–H and O–H groups in total. The number of anilines is 1. The molecule has 3 rings (SSSR count). The first-order valence-corrected chi connectivity index (χ1v) is 9.77. The highest BCUT2D eigenvalue weighted by molar-refractivity contribution is 6.10. The lowest BCUT2D eigenvalue weighted by molar-refractivity contribution is -0.147. The lowest BCUT2D eigenvalue weighted by Gasteiger charge is -2.34. The van der Waals surface area contributed by atoms with Gasteiger partial charge in [0.2, 0.25) is 11.8 Å². The van der Waals surface area contributed by atoms with Gasteiger partial charge in [0.1, 0.15) is 5.41 Å². The molecule has 2 aromatic carbocycles. The topological polar surface area (TPSA) is 75.7 Å². The second kappa shape index (κ2) is 8.47. The Hall–Kier alpha value is -3.15. The molecule has 1 heterocycles. The summed E-state index contributed by atoms with van der Waals surface area (Å²) >= 11 is 0. The first-order valence-electron chi connectivity index (χ1n) is 9.77. The Labute approximate surface area is 170 Å². The Morgan fingerprint density at radius 2 is 1.69 bits per heavy atom. The van der Waals surface area contributed by atoms with Crippen LogP contribution in [0.3, 0.4) is 0 Å². The van der Waals surface area contributed by atoms with E-state index in [0.29, 0.717) is 30.9 Å². The summed E-state index contributed by atoms with van der Waals surface area (Å²) in [4.78, 5) is 39.4. The molecule has 0 radical (unpaired) electrons. The molecule has 2 aromatic rings. The average Bonchev–Trinajstić information content (AvgIpc) is 2.73. The van der Waals surface area contributed by atoms with Crippen LogP contribution in [-0.4, -0.2) is 35.8 Å². The number of esters is 1. The van der Waals surface area contributed by atoms with Crippen LogP contribution in [-0.2, 0) is 27.3 Å². The average molecular weight is 394 g/mol. The smallest absolute Gasteiger partial charge is 0.338 e. The van der Waals surface area contributed by atoms with E-state index in [4.69, 9.17) is 4.74 Å². The SMILES string of the molecule is CCOC(=O)c1ccc(NC(=O)C(C)(C)C(=O)N2CCc3ccccc3C2)cc1. The second-order valence-corrected chi connectivity index (χ2v) is 7.62. The number of carbonyl (C=O) groups excluding carboxylic acids is 3. The zero-order valence-corrected chi connectivity index (χ0v) is 17.0. The Morgan fingerprint density at radius 3 is 2.34 bits per heavy atom. The first kappa shape index (κ1) is 20.6. The van der Waals surface area contributed by atoms with Gasteiger partial charge in [0, 0.05) is 18.8 Å². The molecule has 0 saturated heterocycles. The van der Waals surface area contributed by atoms with Gasteiger partial charge in [-0.05, 0) is 62.6 Å². The molecule has 0 unspecified atom stereocenters. The number of ether oxygens (including phenoxy) is 1. The summed E-state index contributed by atoms with van der Waals surface area (Å²) in [6.07, 6.45) is 0.787. The van der Waals surface area contributed by atoms with E-state index < -0.39 is 11.4 Å². The highest BCUT2D eigenvalue weighted by atomic mass is 16.5. The molecule has 0 spiro atoms. The summed E-state index contributed by atoms with van der Waals surface area (Å²) in [7, 11) is 0. The third-order valence-electron chi connectivity index (χ3n) is 5.17. The minimum Gasteiger partial charge on any atom is -0.462 e. The zero-order valence-electron chi connectivity index (χ0n) is 17.0. The molecule has 0 atom stereocenters. The summed E-state index contributed by atoms with van der Waals surface area (Å²) in [5, 5.41) is 2.78. The molecule has 1 aliphatic heterocycles. The van der Waals surface area contributed by atoms with Gasteiger partial charge in [0.05, 0.1) is 12.2 Å². The quantitative estimate of drug-likeness (QED) is 0.623. The third kappa shape index (κ3) is 4.47. The summed E-state index contributed by atoms with van der Waals surface area (Å²) in [6.45, 7) is 6.43. The van der Waals surface area contributed by atoms with Crippen molar-refractivity contribution in [3.05, 3.63) is 65.2 Å². The van der Waals surface area contributed by atoms with Gasteiger partial charge in [0.15, 0.2) is 0 Å². The van der Waals surface area contributed by atoms with Crippen molar-refractivity contribution in [3.63, 3.8) is 0 Å². The molecule has 0 bridgehead atoms. The number of benzene rings is 2. The Kier molecular flexibility index (Phi) is 6.01. The molecule has 6 heteroatoms. The van der Waals surface area contributed by atoms with Crippen molar-refractivity contribution in [3.8, 4) is 0 Å². The summed E-state index contributed by atoms with van der Waals surface area (Å²) in [5.74, 6) is -0.996. The highest BCUT2D eigenvalue weighted by Gasteiger charge is 2.40. The monoisotopic (exact) mass is 394 g/mol. The van der Waals surface area contributed by atoms with Gasteiger partial charge in [-0.2, -0.15) is 0 Å². The van der Waals surface area contributed by atoms with E-state index in [1.165, 1.54) is 5.56 Å². The van der Waals surface area contributed by atoms with Crippen LogP contribution in [0.4, 0.5) is 5.69 Å². The fourth-order valence-corrected chi connectivity index (χ4v) is 3.35. The Morgan fingerprint density at radius 1 is 1.03 bits per heavy atom. The molecule has 152 valence electrons. The number of amides is 2. The maximum Gasteiger partial charge on any atom is 0.338 e. The molecular formula is C23H26N2O4. The van der Waals surface area contributed by atoms with Crippen LogP contribution < -0.4 is 5.32 Å². The summed E-state index contributed by atoms with van der Waals surface area (Å²) in [5.41, 5.74) is 2.09. The standard InChI is InChI=1S/C23H26N2O4/c1-4-29-20(26)17-9-11-19(12-10-17)24-21(27)23(2,3)22(28)25-14-13-16-7-5-6-8-18(16)15-25/h5-12H,4,13-15H2,1-3H3,(H,24,27). The number of carbonyl (C=O) groups is 3. The molecule has 0 aromatic heterocycles. The summed E-state index contributed by atoms with van der Waals surface area (Å²) in [6, 6.07) is 14.5. The van der Waals surface area contributed by atoms with Crippen LogP contribution >= 0.6 is 0 Å². The van der Waals surface area contributed by atoms with Crippen molar-refractivity contribution in [1.29, 1.82) is 0 Å². The van der Waals surface area contributed by atoms with E-state index in [-0.39, 0.29) is 11.8 Å². The van der Waals surface area contributed by atoms with Crippen LogP contribution in [0.2, 0.25) is 0 Å². The van der Waals surface area contributed by atoms with Crippen molar-refractivity contribution in [2.45, 2.75) is 33.7 Å². The van der Waals surface area contributed by atoms with Crippen molar-refractivity contribution in [2.24, 2.45) is 5.41 Å². The lowest BCUT2D eigenvalue weighted by atomic mass is 9.88. The maximum atomic E-state index is 13.1. The first-order chi connectivity index (χ1) is 13.8. The molecule has 2 amide bonds. The maximum absolute atomic E-state index is 13.1. The Bertz CT molecular complexity index is 919. The van der Waals surface area contributed by atoms with Gasteiger partial charge in [-0.3, -0.25) is 9.59 Å². The van der Waals surface area contributed by atoms with Crippen LogP contribution in [0.1, 0.15) is 42.3 Å². The van der Waals surface area contributed by atoms with Crippen molar-refractivity contribution in [1.82, 2.24) is 4.90 Å². The van der Waals surface area contributed by atoms with Gasteiger partial charge < -0.3 is 15.0 Å². The highest BCUT2D eigenvalue weighted by Crippen LogP contribution is 2.26. The van der Waals surface area contributed by atoms with Crippen molar-refractivity contribution >= 4 is 23.5 Å². The van der Waals surface area contributed by atoms with Crippen LogP contribution in [0.5, 0.6) is 0 Å². The third-order valence-corrected chi connectivity index (χ3v) is 5.17. The van der Waals surface area contributed by atoms with E-state index in [1.807, 2.05) is 18.2 Å². The second-order valence-electron chi connectivity index (χ2n) is 7.62. The number of nitrogens with zero attached hydrogens (tertiary/aromatic N) is 1. The molecule has 6 nitrogen and oxygen atoms in total. The van der Waals surface area contributed by atoms with Gasteiger partial charge in [-0.25, -0.2) is 4.79 Å². The Balaban J connectivity index is 1.66. The predicted octanol–water partition coefficient (Wildman–Crippen LogP) is 3.41. The van der Waals surface area contributed by atoms with E-state index >= 15 is 0 Å². The number of rotatable bonds is 5. The predicted molar refractivity (Wildman–Crippen MR) is 110 cm³/mol. The van der Waals surface area contributed by atoms with Gasteiger partial charge in [-0.15, -0.1) is 0 Å². The number of fused-ring (bicyclic) bond motifs is 1. The van der Waals surface area contributed by atoms with Crippen LogP contribution in [0, 0.1) is 5.41 Å². The minimum atomic E-state index is -1.22. The normalized spacial score (nSPS) is 13.4. The van der Waals surface area contributed by atoms with Gasteiger partial charge in [0.25, 0.3) is 0 Å². The molecule has 0 aliphatic carbocycles. The summed E-state index contributed by atoms with van der Waals surface area (Å²) < 4.78 is 4.95. The lowest BCUT2D eigenvalue weighted by Crippen LogP contribution is -2.48. The van der Waals surface area contributed by atoms with Crippen LogP contribution in [0.25, 0.3) is 0 Å². The van der Waals surface area contributed by atoms with E-state index in [2.05, 4.69) is 11.4 Å². The molecule has 1 aliphatic rings. The van der Waals surface area contributed by atoms with E-state index in [9.17, 15) is 14.4 Å². The minimum absolute atomic E-state index is 0.201.